The van der Waals surface area contributed by atoms with E-state index in [0.717, 1.165) is 42.5 Å². The summed E-state index contributed by atoms with van der Waals surface area (Å²) in [6.45, 7) is 2.44. The lowest BCUT2D eigenvalue weighted by atomic mass is 10.1. The maximum atomic E-state index is 11.9. The number of H-pyrrole nitrogens is 1. The van der Waals surface area contributed by atoms with E-state index in [0.29, 0.717) is 12.2 Å². The average Bonchev–Trinajstić information content (AvgIpc) is 3.10. The summed E-state index contributed by atoms with van der Waals surface area (Å²) in [6.07, 6.45) is 2.49. The van der Waals surface area contributed by atoms with Gasteiger partial charge in [-0.1, -0.05) is 55.8 Å². The smallest absolute Gasteiger partial charge is 0.308 e. The zero-order chi connectivity index (χ0) is 19.1. The summed E-state index contributed by atoms with van der Waals surface area (Å²) in [4.78, 5) is 19.9. The molecule has 27 heavy (non-hydrogen) atoms. The first kappa shape index (κ1) is 19.1. The second-order valence-corrected chi connectivity index (χ2v) is 6.71. The molecule has 1 heterocycles. The molecular formula is C22H26N2O3. The number of aromatic amines is 1. The lowest BCUT2D eigenvalue weighted by molar-refractivity contribution is -0.146. The number of aromatic nitrogens is 2. The fourth-order valence-electron chi connectivity index (χ4n) is 3.06. The third kappa shape index (κ3) is 5.17. The van der Waals surface area contributed by atoms with Gasteiger partial charge in [-0.25, -0.2) is 4.98 Å². The predicted octanol–water partition coefficient (Wildman–Crippen LogP) is 4.11. The van der Waals surface area contributed by atoms with Crippen molar-refractivity contribution in [1.82, 2.24) is 9.97 Å². The van der Waals surface area contributed by atoms with Crippen LogP contribution in [-0.2, 0) is 22.4 Å². The van der Waals surface area contributed by atoms with Crippen LogP contribution in [0.3, 0.4) is 0 Å². The third-order valence-electron chi connectivity index (χ3n) is 4.57. The molecule has 5 nitrogen and oxygen atoms in total. The van der Waals surface area contributed by atoms with E-state index in [1.165, 1.54) is 5.56 Å². The van der Waals surface area contributed by atoms with Crippen LogP contribution < -0.4 is 0 Å². The van der Waals surface area contributed by atoms with Crippen LogP contribution in [-0.4, -0.2) is 27.7 Å². The number of carbonyl (C=O) groups excluding carboxylic acids is 1. The van der Waals surface area contributed by atoms with E-state index in [-0.39, 0.29) is 12.4 Å². The number of nitrogens with zero attached hydrogens (tertiary/aromatic N) is 1. The number of benzene rings is 2. The number of nitrogens with one attached hydrogen (secondary N) is 1. The molecule has 0 aliphatic heterocycles. The largest absolute Gasteiger partial charge is 0.466 e. The summed E-state index contributed by atoms with van der Waals surface area (Å²) in [7, 11) is 0. The van der Waals surface area contributed by atoms with E-state index in [2.05, 4.69) is 22.1 Å². The highest BCUT2D eigenvalue weighted by atomic mass is 16.5. The Kier molecular flexibility index (Phi) is 6.60. The Morgan fingerprint density at radius 3 is 2.74 bits per heavy atom. The van der Waals surface area contributed by atoms with Gasteiger partial charge in [-0.15, -0.1) is 0 Å². The molecular weight excluding hydrogens is 340 g/mol. The minimum atomic E-state index is -0.923. The molecule has 3 rings (SSSR count). The van der Waals surface area contributed by atoms with Crippen molar-refractivity contribution in [2.45, 2.75) is 45.1 Å². The van der Waals surface area contributed by atoms with Crippen molar-refractivity contribution in [2.75, 3.05) is 6.61 Å². The number of imidazole rings is 1. The second kappa shape index (κ2) is 9.33. The van der Waals surface area contributed by atoms with Crippen LogP contribution in [0, 0.1) is 0 Å². The molecule has 3 aromatic rings. The Hall–Kier alpha value is -2.66. The average molecular weight is 366 g/mol. The third-order valence-corrected chi connectivity index (χ3v) is 4.57. The second-order valence-electron chi connectivity index (χ2n) is 6.71. The van der Waals surface area contributed by atoms with E-state index >= 15 is 0 Å². The van der Waals surface area contributed by atoms with Crippen LogP contribution in [0.25, 0.3) is 11.0 Å². The number of hydrogen-bond acceptors (Lipinski definition) is 4. The minimum absolute atomic E-state index is 0.0605. The SMILES string of the molecule is CCCCOC(=O)CC(O)c1cccc2[nH]c(CCc3ccccc3)nc12. The molecule has 0 saturated carbocycles. The number of hydrogen-bond donors (Lipinski definition) is 2. The normalized spacial score (nSPS) is 12.2. The number of fused-ring (bicyclic) bond motifs is 1. The highest BCUT2D eigenvalue weighted by Crippen LogP contribution is 2.25. The molecule has 0 aliphatic carbocycles. The first-order valence-corrected chi connectivity index (χ1v) is 9.52. The fourth-order valence-corrected chi connectivity index (χ4v) is 3.06. The quantitative estimate of drug-likeness (QED) is 0.441. The van der Waals surface area contributed by atoms with Gasteiger partial charge in [0.25, 0.3) is 0 Å². The van der Waals surface area contributed by atoms with Crippen molar-refractivity contribution in [3.05, 3.63) is 65.5 Å². The number of ether oxygens (including phenoxy) is 1. The van der Waals surface area contributed by atoms with E-state index in [1.807, 2.05) is 43.3 Å². The molecule has 142 valence electrons. The fraction of sp³-hybridized carbons (Fsp3) is 0.364. The van der Waals surface area contributed by atoms with Gasteiger partial charge in [0, 0.05) is 12.0 Å². The molecule has 0 radical (unpaired) electrons. The molecule has 2 aromatic carbocycles. The number of aryl methyl sites for hydroxylation is 2. The van der Waals surface area contributed by atoms with Gasteiger partial charge >= 0.3 is 5.97 Å². The first-order valence-electron chi connectivity index (χ1n) is 9.52. The van der Waals surface area contributed by atoms with Crippen LogP contribution in [0.2, 0.25) is 0 Å². The molecule has 1 aromatic heterocycles. The molecule has 0 spiro atoms. The zero-order valence-corrected chi connectivity index (χ0v) is 15.6. The van der Waals surface area contributed by atoms with Crippen LogP contribution in [0.5, 0.6) is 0 Å². The molecule has 0 fully saturated rings. The van der Waals surface area contributed by atoms with Crippen LogP contribution >= 0.6 is 0 Å². The van der Waals surface area contributed by atoms with Gasteiger partial charge < -0.3 is 14.8 Å². The Morgan fingerprint density at radius 2 is 1.96 bits per heavy atom. The highest BCUT2D eigenvalue weighted by molar-refractivity contribution is 5.80. The van der Waals surface area contributed by atoms with Crippen molar-refractivity contribution in [2.24, 2.45) is 0 Å². The van der Waals surface area contributed by atoms with Crippen molar-refractivity contribution in [3.63, 3.8) is 0 Å². The summed E-state index contributed by atoms with van der Waals surface area (Å²) in [5.41, 5.74) is 3.50. The number of carbonyl (C=O) groups is 1. The standard InChI is InChI=1S/C22H26N2O3/c1-2-3-14-27-21(26)15-19(25)17-10-7-11-18-22(17)24-20(23-18)13-12-16-8-5-4-6-9-16/h4-11,19,25H,2-3,12-15H2,1H3,(H,23,24). The molecule has 0 aliphatic rings. The van der Waals surface area contributed by atoms with Crippen molar-refractivity contribution < 1.29 is 14.6 Å². The number of unbranched alkanes of at least 4 members (excludes halogenated alkanes) is 1. The monoisotopic (exact) mass is 366 g/mol. The van der Waals surface area contributed by atoms with Gasteiger partial charge in [-0.3, -0.25) is 4.79 Å². The summed E-state index contributed by atoms with van der Waals surface area (Å²) < 4.78 is 5.15. The molecule has 0 amide bonds. The Balaban J connectivity index is 1.68. The molecule has 0 bridgehead atoms. The predicted molar refractivity (Wildman–Crippen MR) is 105 cm³/mol. The van der Waals surface area contributed by atoms with E-state index < -0.39 is 6.10 Å². The Bertz CT molecular complexity index is 874. The van der Waals surface area contributed by atoms with Crippen molar-refractivity contribution in [1.29, 1.82) is 0 Å². The molecule has 5 heteroatoms. The number of rotatable bonds is 9. The van der Waals surface area contributed by atoms with Crippen LogP contribution in [0.15, 0.2) is 48.5 Å². The Labute approximate surface area is 159 Å². The van der Waals surface area contributed by atoms with Crippen molar-refractivity contribution >= 4 is 17.0 Å². The summed E-state index contributed by atoms with van der Waals surface area (Å²) in [5, 5.41) is 10.5. The summed E-state index contributed by atoms with van der Waals surface area (Å²) in [6, 6.07) is 15.9. The van der Waals surface area contributed by atoms with Gasteiger partial charge in [0.2, 0.25) is 0 Å². The Morgan fingerprint density at radius 1 is 1.15 bits per heavy atom. The highest BCUT2D eigenvalue weighted by Gasteiger charge is 2.18. The molecule has 1 unspecified atom stereocenters. The van der Waals surface area contributed by atoms with E-state index in [1.54, 1.807) is 0 Å². The maximum absolute atomic E-state index is 11.9. The number of para-hydroxylation sites is 1. The van der Waals surface area contributed by atoms with Gasteiger partial charge in [-0.2, -0.15) is 0 Å². The summed E-state index contributed by atoms with van der Waals surface area (Å²) >= 11 is 0. The minimum Gasteiger partial charge on any atom is -0.466 e. The van der Waals surface area contributed by atoms with Gasteiger partial charge in [0.1, 0.15) is 5.82 Å². The van der Waals surface area contributed by atoms with Crippen molar-refractivity contribution in [3.8, 4) is 0 Å². The van der Waals surface area contributed by atoms with Gasteiger partial charge in [-0.05, 0) is 24.5 Å². The number of esters is 1. The van der Waals surface area contributed by atoms with E-state index in [9.17, 15) is 9.90 Å². The molecule has 2 N–H and O–H groups in total. The number of aliphatic hydroxyl groups excluding tert-OH is 1. The topological polar surface area (TPSA) is 75.2 Å². The lowest BCUT2D eigenvalue weighted by Crippen LogP contribution is -2.11. The van der Waals surface area contributed by atoms with Crippen LogP contribution in [0.1, 0.15) is 49.2 Å². The zero-order valence-electron chi connectivity index (χ0n) is 15.6. The molecule has 0 saturated heterocycles. The molecule has 1 atom stereocenters. The van der Waals surface area contributed by atoms with Crippen LogP contribution in [0.4, 0.5) is 0 Å². The van der Waals surface area contributed by atoms with E-state index in [4.69, 9.17) is 4.74 Å². The van der Waals surface area contributed by atoms with Gasteiger partial charge in [0.05, 0.1) is 30.2 Å². The maximum Gasteiger partial charge on any atom is 0.308 e. The lowest BCUT2D eigenvalue weighted by Gasteiger charge is -2.11. The number of aliphatic hydroxyl groups is 1. The first-order chi connectivity index (χ1) is 13.2. The summed E-state index contributed by atoms with van der Waals surface area (Å²) in [5.74, 6) is 0.492. The van der Waals surface area contributed by atoms with Gasteiger partial charge in [0.15, 0.2) is 0 Å².